The molecular weight excluding hydrogens is 575 g/mol. The van der Waals surface area contributed by atoms with Crippen LogP contribution in [0.15, 0.2) is 78.9 Å². The Morgan fingerprint density at radius 3 is 2.38 bits per heavy atom. The first-order valence-electron chi connectivity index (χ1n) is 10.3. The van der Waals surface area contributed by atoms with Gasteiger partial charge >= 0.3 is 0 Å². The number of hydrogen-bond acceptors (Lipinski definition) is 2. The van der Waals surface area contributed by atoms with Crippen LogP contribution in [0.4, 0.5) is 0 Å². The van der Waals surface area contributed by atoms with E-state index in [1.807, 2.05) is 66.2 Å². The third-order valence-electron chi connectivity index (χ3n) is 6.19. The third kappa shape index (κ3) is 2.63. The molecule has 4 nitrogen and oxygen atoms in total. The summed E-state index contributed by atoms with van der Waals surface area (Å²) in [6.07, 6.45) is 3.41. The van der Waals surface area contributed by atoms with Gasteiger partial charge in [-0.25, -0.2) is 0 Å². The van der Waals surface area contributed by atoms with Crippen LogP contribution in [0.5, 0.6) is 23.0 Å². The van der Waals surface area contributed by atoms with Crippen molar-refractivity contribution in [2.75, 3.05) is 0 Å². The first-order valence-corrected chi connectivity index (χ1v) is 10.3. The number of imidazole rings is 1. The van der Waals surface area contributed by atoms with Crippen LogP contribution in [0.3, 0.4) is 0 Å². The van der Waals surface area contributed by atoms with Crippen LogP contribution in [0.2, 0.25) is 0 Å². The molecule has 3 heterocycles. The van der Waals surface area contributed by atoms with E-state index in [1.54, 1.807) is 0 Å². The van der Waals surface area contributed by atoms with Gasteiger partial charge in [0.2, 0.25) is 6.33 Å². The van der Waals surface area contributed by atoms with Gasteiger partial charge in [-0.2, -0.15) is 30.3 Å². The van der Waals surface area contributed by atoms with Crippen molar-refractivity contribution in [2.45, 2.75) is 0 Å². The minimum atomic E-state index is 0. The number of benzene rings is 4. The summed E-state index contributed by atoms with van der Waals surface area (Å²) in [5.41, 5.74) is 6.45. The number of rotatable bonds is 1. The van der Waals surface area contributed by atoms with Crippen LogP contribution in [0.1, 0.15) is 0 Å². The molecule has 5 aromatic rings. The molecule has 0 saturated heterocycles. The summed E-state index contributed by atoms with van der Waals surface area (Å²) in [6.45, 7) is 0.0534. The van der Waals surface area contributed by atoms with Crippen molar-refractivity contribution >= 4 is 34.1 Å². The van der Waals surface area contributed by atoms with Gasteiger partial charge < -0.3 is 18.6 Å². The summed E-state index contributed by atoms with van der Waals surface area (Å²) in [4.78, 5) is 0. The average Bonchev–Trinajstić information content (AvgIpc) is 3.13. The molecule has 0 unspecified atom stereocenters. The maximum Gasteiger partial charge on any atom is 0.259 e. The van der Waals surface area contributed by atoms with Gasteiger partial charge in [0.1, 0.15) is 23.0 Å². The molecule has 0 bridgehead atoms. The van der Waals surface area contributed by atoms with Crippen LogP contribution in [0.25, 0.3) is 16.7 Å². The molecular formula is C26H16BIrN2O2-. The van der Waals surface area contributed by atoms with E-state index >= 15 is 0 Å². The van der Waals surface area contributed by atoms with Gasteiger partial charge in [0, 0.05) is 25.6 Å². The minimum Gasteiger partial charge on any atom is -0.459 e. The van der Waals surface area contributed by atoms with Gasteiger partial charge in [0.05, 0.1) is 18.1 Å². The van der Waals surface area contributed by atoms with Crippen molar-refractivity contribution in [2.24, 2.45) is 7.05 Å². The van der Waals surface area contributed by atoms with Crippen LogP contribution in [-0.4, -0.2) is 11.3 Å². The monoisotopic (exact) mass is 592 g/mol. The Labute approximate surface area is 199 Å². The first kappa shape index (κ1) is 19.4. The standard InChI is InChI=1S/C26H16BN2O2.Ir/c1-28-16-29(17-8-3-2-4-9-17)21-14-19-25(15-20(21)28)31-24-13-7-12-23-26(24)27(19)18-10-5-6-11-22(18)30-23;/h2-8,10-15H,1H3;/q-1;. The molecule has 0 amide bonds. The zero-order valence-electron chi connectivity index (χ0n) is 17.1. The molecule has 32 heavy (non-hydrogen) atoms. The van der Waals surface area contributed by atoms with E-state index in [2.05, 4.69) is 41.2 Å². The summed E-state index contributed by atoms with van der Waals surface area (Å²) in [5, 5.41) is 0. The molecule has 0 spiro atoms. The zero-order valence-corrected chi connectivity index (χ0v) is 19.5. The van der Waals surface area contributed by atoms with Crippen molar-refractivity contribution in [3.8, 4) is 28.7 Å². The Hall–Kier alpha value is -3.34. The van der Waals surface area contributed by atoms with E-state index in [-0.39, 0.29) is 26.8 Å². The van der Waals surface area contributed by atoms with Crippen LogP contribution >= 0.6 is 0 Å². The van der Waals surface area contributed by atoms with E-state index in [0.29, 0.717) is 0 Å². The second kappa shape index (κ2) is 7.09. The fraction of sp³-hybridized carbons (Fsp3) is 0.0385. The van der Waals surface area contributed by atoms with Crippen molar-refractivity contribution < 1.29 is 34.1 Å². The third-order valence-corrected chi connectivity index (χ3v) is 6.19. The van der Waals surface area contributed by atoms with Gasteiger partial charge in [-0.15, -0.1) is 0 Å². The van der Waals surface area contributed by atoms with Crippen LogP contribution in [0, 0.1) is 12.4 Å². The smallest absolute Gasteiger partial charge is 0.259 e. The number of para-hydroxylation sites is 2. The molecule has 0 fully saturated rings. The molecule has 0 saturated carbocycles. The van der Waals surface area contributed by atoms with Crippen molar-refractivity contribution in [3.63, 3.8) is 0 Å². The molecule has 155 valence electrons. The van der Waals surface area contributed by atoms with Crippen molar-refractivity contribution in [1.82, 2.24) is 4.57 Å². The molecule has 0 N–H and O–H groups in total. The van der Waals surface area contributed by atoms with Crippen molar-refractivity contribution in [3.05, 3.63) is 91.3 Å². The van der Waals surface area contributed by atoms with E-state index in [4.69, 9.17) is 9.47 Å². The Bertz CT molecular complexity index is 1510. The number of aryl methyl sites for hydroxylation is 1. The molecule has 0 aliphatic carbocycles. The number of nitrogens with zero attached hydrogens (tertiary/aromatic N) is 2. The number of ether oxygens (including phenoxy) is 2. The summed E-state index contributed by atoms with van der Waals surface area (Å²) >= 11 is 0. The second-order valence-corrected chi connectivity index (χ2v) is 7.96. The average molecular weight is 591 g/mol. The zero-order chi connectivity index (χ0) is 20.5. The van der Waals surface area contributed by atoms with E-state index in [9.17, 15) is 0 Å². The molecule has 1 aromatic heterocycles. The van der Waals surface area contributed by atoms with Gasteiger partial charge in [0.25, 0.3) is 6.71 Å². The topological polar surface area (TPSA) is 27.3 Å². The number of fused-ring (bicyclic) bond motifs is 5. The second-order valence-electron chi connectivity index (χ2n) is 7.96. The minimum absolute atomic E-state index is 0. The summed E-state index contributed by atoms with van der Waals surface area (Å²) in [7, 11) is 2.01. The van der Waals surface area contributed by atoms with Crippen LogP contribution < -0.4 is 30.4 Å². The largest absolute Gasteiger partial charge is 0.459 e. The maximum atomic E-state index is 6.39. The van der Waals surface area contributed by atoms with Gasteiger partial charge in [0.15, 0.2) is 0 Å². The Morgan fingerprint density at radius 1 is 0.812 bits per heavy atom. The SMILES string of the molecule is C[n+]1[c-]n(-c2[c-]cccc2)c2cc3c(cc21)Oc1cccc2c1B3c1ccccc1O2.[Ir]. The summed E-state index contributed by atoms with van der Waals surface area (Å²) in [5.74, 6) is 3.48. The van der Waals surface area contributed by atoms with Crippen molar-refractivity contribution in [1.29, 1.82) is 0 Å². The molecule has 4 aromatic carbocycles. The molecule has 2 aliphatic rings. The number of hydrogen-bond donors (Lipinski definition) is 0. The Kier molecular flexibility index (Phi) is 4.29. The van der Waals surface area contributed by atoms with E-state index in [0.717, 1.165) is 56.1 Å². The van der Waals surface area contributed by atoms with Gasteiger partial charge in [-0.1, -0.05) is 36.0 Å². The maximum absolute atomic E-state index is 6.39. The normalized spacial score (nSPS) is 12.7. The molecule has 7 rings (SSSR count). The van der Waals surface area contributed by atoms with Crippen LogP contribution in [-0.2, 0) is 27.2 Å². The predicted octanol–water partition coefficient (Wildman–Crippen LogP) is 2.78. The molecule has 0 atom stereocenters. The summed E-state index contributed by atoms with van der Waals surface area (Å²) in [6, 6.07) is 29.9. The molecule has 2 aliphatic heterocycles. The number of aromatic nitrogens is 2. The summed E-state index contributed by atoms with van der Waals surface area (Å²) < 4.78 is 16.7. The van der Waals surface area contributed by atoms with E-state index in [1.165, 1.54) is 0 Å². The van der Waals surface area contributed by atoms with Gasteiger partial charge in [-0.3, -0.25) is 0 Å². The van der Waals surface area contributed by atoms with E-state index < -0.39 is 0 Å². The quantitative estimate of drug-likeness (QED) is 0.167. The molecule has 1 radical (unpaired) electrons. The predicted molar refractivity (Wildman–Crippen MR) is 120 cm³/mol. The van der Waals surface area contributed by atoms with Gasteiger partial charge in [-0.05, 0) is 35.2 Å². The fourth-order valence-electron chi connectivity index (χ4n) is 4.81. The Morgan fingerprint density at radius 2 is 1.56 bits per heavy atom. The Balaban J connectivity index is 0.00000196. The fourth-order valence-corrected chi connectivity index (χ4v) is 4.81. The first-order chi connectivity index (χ1) is 15.3. The molecule has 6 heteroatoms.